The summed E-state index contributed by atoms with van der Waals surface area (Å²) in [6.07, 6.45) is 2.37. The highest BCUT2D eigenvalue weighted by atomic mass is 35.5. The van der Waals surface area contributed by atoms with Crippen LogP contribution in [0.1, 0.15) is 5.69 Å². The maximum absolute atomic E-state index is 14.5. The molecule has 3 rings (SSSR count). The normalized spacial score (nSPS) is 12.3. The fourth-order valence-electron chi connectivity index (χ4n) is 3.17. The molecule has 2 heterocycles. The summed E-state index contributed by atoms with van der Waals surface area (Å²) in [7, 11) is 1.58. The Morgan fingerprint density at radius 1 is 1.35 bits per heavy atom. The van der Waals surface area contributed by atoms with Gasteiger partial charge in [0.1, 0.15) is 11.5 Å². The standard InChI is InChI=1S/C20H21Cl2FN4O3S/c1-29-4-5-30-13(10-25-11-28)7-17-20(26-19-6-12(21)2-3-27(17)19)14-8-16(23)18(31-24)9-15(14)22/h2-3,6,8-9,11,13H,4-5,7,10,24H2,1H3,(H,25,28). The molecule has 3 aromatic rings. The van der Waals surface area contributed by atoms with Crippen LogP contribution < -0.4 is 10.5 Å². The van der Waals surface area contributed by atoms with Gasteiger partial charge in [0.2, 0.25) is 6.41 Å². The van der Waals surface area contributed by atoms with Gasteiger partial charge < -0.3 is 19.2 Å². The van der Waals surface area contributed by atoms with Crippen molar-refractivity contribution >= 4 is 47.2 Å². The number of carbonyl (C=O) groups excluding carboxylic acids is 1. The van der Waals surface area contributed by atoms with Crippen molar-refractivity contribution in [2.75, 3.05) is 26.9 Å². The molecule has 0 saturated heterocycles. The molecule has 31 heavy (non-hydrogen) atoms. The van der Waals surface area contributed by atoms with Gasteiger partial charge in [-0.1, -0.05) is 23.2 Å². The lowest BCUT2D eigenvalue weighted by atomic mass is 10.1. The molecule has 0 bridgehead atoms. The fraction of sp³-hybridized carbons (Fsp3) is 0.300. The van der Waals surface area contributed by atoms with Crippen LogP contribution in [-0.4, -0.2) is 48.8 Å². The Hall–Kier alpha value is -1.88. The van der Waals surface area contributed by atoms with Gasteiger partial charge in [-0.3, -0.25) is 9.93 Å². The highest BCUT2D eigenvalue weighted by Crippen LogP contribution is 2.35. The third-order valence-electron chi connectivity index (χ3n) is 4.58. The van der Waals surface area contributed by atoms with E-state index in [1.165, 1.54) is 12.1 Å². The number of fused-ring (bicyclic) bond motifs is 1. The lowest BCUT2D eigenvalue weighted by Gasteiger charge is -2.18. The van der Waals surface area contributed by atoms with E-state index in [2.05, 4.69) is 10.3 Å². The van der Waals surface area contributed by atoms with Crippen LogP contribution in [0.2, 0.25) is 10.0 Å². The van der Waals surface area contributed by atoms with Crippen molar-refractivity contribution in [1.82, 2.24) is 14.7 Å². The molecule has 0 radical (unpaired) electrons. The van der Waals surface area contributed by atoms with Gasteiger partial charge in [-0.25, -0.2) is 9.37 Å². The Morgan fingerprint density at radius 3 is 2.87 bits per heavy atom. The molecule has 2 aromatic heterocycles. The van der Waals surface area contributed by atoms with Gasteiger partial charge in [0.05, 0.1) is 40.6 Å². The van der Waals surface area contributed by atoms with E-state index in [-0.39, 0.29) is 17.5 Å². The van der Waals surface area contributed by atoms with Crippen LogP contribution in [0.4, 0.5) is 4.39 Å². The van der Waals surface area contributed by atoms with Gasteiger partial charge in [0, 0.05) is 42.9 Å². The smallest absolute Gasteiger partial charge is 0.207 e. The number of ether oxygens (including phenoxy) is 2. The van der Waals surface area contributed by atoms with Crippen LogP contribution in [0, 0.1) is 5.82 Å². The first-order chi connectivity index (χ1) is 15.0. The highest BCUT2D eigenvalue weighted by Gasteiger charge is 2.22. The number of benzene rings is 1. The second-order valence-corrected chi connectivity index (χ2v) is 8.10. The Balaban J connectivity index is 2.08. The summed E-state index contributed by atoms with van der Waals surface area (Å²) in [5, 5.41) is 8.97. The predicted molar refractivity (Wildman–Crippen MR) is 120 cm³/mol. The monoisotopic (exact) mass is 486 g/mol. The van der Waals surface area contributed by atoms with E-state index < -0.39 is 5.82 Å². The Bertz CT molecular complexity index is 1070. The average Bonchev–Trinajstić information content (AvgIpc) is 3.10. The van der Waals surface area contributed by atoms with E-state index in [4.69, 9.17) is 37.8 Å². The summed E-state index contributed by atoms with van der Waals surface area (Å²) >= 11 is 13.4. The first-order valence-corrected chi connectivity index (χ1v) is 10.9. The molecular weight excluding hydrogens is 466 g/mol. The summed E-state index contributed by atoms with van der Waals surface area (Å²) in [4.78, 5) is 15.7. The minimum atomic E-state index is -0.497. The lowest BCUT2D eigenvalue weighted by Crippen LogP contribution is -2.31. The van der Waals surface area contributed by atoms with E-state index in [0.29, 0.717) is 53.0 Å². The van der Waals surface area contributed by atoms with Crippen LogP contribution in [0.25, 0.3) is 16.9 Å². The number of nitrogens with two attached hydrogens (primary N) is 1. The number of imidazole rings is 1. The van der Waals surface area contributed by atoms with Crippen molar-refractivity contribution in [3.63, 3.8) is 0 Å². The van der Waals surface area contributed by atoms with E-state index in [9.17, 15) is 9.18 Å². The minimum absolute atomic E-state index is 0.234. The number of carbonyl (C=O) groups is 1. The average molecular weight is 487 g/mol. The van der Waals surface area contributed by atoms with Crippen molar-refractivity contribution in [3.05, 3.63) is 52.0 Å². The third-order valence-corrected chi connectivity index (χ3v) is 5.70. The number of halogens is 3. The number of amides is 1. The number of methoxy groups -OCH3 is 1. The van der Waals surface area contributed by atoms with E-state index in [1.807, 2.05) is 4.40 Å². The summed E-state index contributed by atoms with van der Waals surface area (Å²) in [6.45, 7) is 1.03. The zero-order valence-corrected chi connectivity index (χ0v) is 18.9. The Labute approximate surface area is 193 Å². The number of aromatic nitrogens is 2. The van der Waals surface area contributed by atoms with E-state index >= 15 is 0 Å². The highest BCUT2D eigenvalue weighted by molar-refractivity contribution is 7.97. The van der Waals surface area contributed by atoms with Crippen LogP contribution in [0.5, 0.6) is 0 Å². The SMILES string of the molecule is COCCOC(CNC=O)Cc1c(-c2cc(F)c(SN)cc2Cl)nc2cc(Cl)ccn12. The summed E-state index contributed by atoms with van der Waals surface area (Å²) < 4.78 is 27.3. The second-order valence-electron chi connectivity index (χ2n) is 6.58. The van der Waals surface area contributed by atoms with Crippen molar-refractivity contribution in [2.24, 2.45) is 5.14 Å². The maximum Gasteiger partial charge on any atom is 0.207 e. The molecule has 0 aliphatic rings. The molecule has 0 spiro atoms. The molecule has 1 aromatic carbocycles. The molecular formula is C20H21Cl2FN4O3S. The van der Waals surface area contributed by atoms with E-state index in [0.717, 1.165) is 17.6 Å². The number of pyridine rings is 1. The molecule has 11 heteroatoms. The first-order valence-electron chi connectivity index (χ1n) is 9.28. The summed E-state index contributed by atoms with van der Waals surface area (Å²) in [6, 6.07) is 6.21. The zero-order valence-electron chi connectivity index (χ0n) is 16.6. The first kappa shape index (κ1) is 23.8. The molecule has 166 valence electrons. The number of rotatable bonds is 11. The minimum Gasteiger partial charge on any atom is -0.382 e. The maximum atomic E-state index is 14.5. The number of nitrogens with zero attached hydrogens (tertiary/aromatic N) is 2. The van der Waals surface area contributed by atoms with Crippen molar-refractivity contribution < 1.29 is 18.7 Å². The van der Waals surface area contributed by atoms with Gasteiger partial charge >= 0.3 is 0 Å². The van der Waals surface area contributed by atoms with Gasteiger partial charge in [-0.05, 0) is 30.1 Å². The van der Waals surface area contributed by atoms with Crippen LogP contribution in [-0.2, 0) is 20.7 Å². The van der Waals surface area contributed by atoms with Gasteiger partial charge in [0.25, 0.3) is 0 Å². The van der Waals surface area contributed by atoms with Gasteiger partial charge in [-0.15, -0.1) is 0 Å². The second kappa shape index (κ2) is 11.1. The molecule has 1 amide bonds. The zero-order chi connectivity index (χ0) is 22.4. The van der Waals surface area contributed by atoms with Crippen molar-refractivity contribution in [1.29, 1.82) is 0 Å². The number of nitrogens with one attached hydrogen (secondary N) is 1. The van der Waals surface area contributed by atoms with Crippen LogP contribution in [0.3, 0.4) is 0 Å². The van der Waals surface area contributed by atoms with Crippen molar-refractivity contribution in [3.8, 4) is 11.3 Å². The topological polar surface area (TPSA) is 90.9 Å². The van der Waals surface area contributed by atoms with Gasteiger partial charge in [-0.2, -0.15) is 0 Å². The molecule has 0 aliphatic heterocycles. The fourth-order valence-corrected chi connectivity index (χ4v) is 3.99. The lowest BCUT2D eigenvalue weighted by molar-refractivity contribution is -0.110. The Morgan fingerprint density at radius 2 is 2.16 bits per heavy atom. The molecule has 3 N–H and O–H groups in total. The number of hydrogen-bond donors (Lipinski definition) is 2. The molecule has 7 nitrogen and oxygen atoms in total. The van der Waals surface area contributed by atoms with Crippen molar-refractivity contribution in [2.45, 2.75) is 17.4 Å². The summed E-state index contributed by atoms with van der Waals surface area (Å²) in [5.74, 6) is -0.497. The van der Waals surface area contributed by atoms with Gasteiger partial charge in [0.15, 0.2) is 0 Å². The third kappa shape index (κ3) is 5.68. The van der Waals surface area contributed by atoms with Crippen LogP contribution >= 0.6 is 35.1 Å². The summed E-state index contributed by atoms with van der Waals surface area (Å²) in [5.41, 5.74) is 2.22. The quantitative estimate of drug-likeness (QED) is 0.243. The predicted octanol–water partition coefficient (Wildman–Crippen LogP) is 3.73. The van der Waals surface area contributed by atoms with E-state index in [1.54, 1.807) is 25.4 Å². The molecule has 1 unspecified atom stereocenters. The molecule has 0 aliphatic carbocycles. The number of hydrogen-bond acceptors (Lipinski definition) is 6. The molecule has 1 atom stereocenters. The largest absolute Gasteiger partial charge is 0.382 e. The molecule has 0 saturated carbocycles. The van der Waals surface area contributed by atoms with Crippen LogP contribution in [0.15, 0.2) is 35.4 Å². The Kier molecular flexibility index (Phi) is 8.53. The molecule has 0 fully saturated rings.